The number of hydrogen-bond donors (Lipinski definition) is 7. The molecule has 7 N–H and O–H groups in total. The number of aromatic nitrogens is 2. The van der Waals surface area contributed by atoms with Gasteiger partial charge in [-0.2, -0.15) is 0 Å². The molecule has 12 heteroatoms. The Morgan fingerprint density at radius 2 is 1.45 bits per heavy atom. The number of ether oxygens (including phenoxy) is 1. The van der Waals surface area contributed by atoms with Gasteiger partial charge >= 0.3 is 0 Å². The monoisotopic (exact) mass is 707 g/mol. The summed E-state index contributed by atoms with van der Waals surface area (Å²) in [7, 11) is 0. The van der Waals surface area contributed by atoms with Crippen molar-refractivity contribution < 1.29 is 40.2 Å². The van der Waals surface area contributed by atoms with Gasteiger partial charge in [0.2, 0.25) is 5.91 Å². The zero-order valence-corrected chi connectivity index (χ0v) is 30.1. The third-order valence-corrected chi connectivity index (χ3v) is 10.7. The summed E-state index contributed by atoms with van der Waals surface area (Å²) < 4.78 is 5.65. The minimum atomic E-state index is -1.50. The Bertz CT molecular complexity index is 1160. The molecule has 0 saturated carbocycles. The number of carbonyl (C=O) groups excluding carboxylic acids is 1. The second-order valence-electron chi connectivity index (χ2n) is 13.5. The number of hydrogen-bond acceptors (Lipinski definition) is 11. The van der Waals surface area contributed by atoms with Crippen molar-refractivity contribution in [3.8, 4) is 10.7 Å². The highest BCUT2D eigenvalue weighted by molar-refractivity contribution is 7.15. The number of rotatable bonds is 25. The Labute approximate surface area is 296 Å². The van der Waals surface area contributed by atoms with E-state index >= 15 is 0 Å². The van der Waals surface area contributed by atoms with Crippen LogP contribution in [0.3, 0.4) is 0 Å². The number of nitrogens with one attached hydrogen (secondary N) is 1. The van der Waals surface area contributed by atoms with Crippen LogP contribution in [0.25, 0.3) is 10.7 Å². The lowest BCUT2D eigenvalue weighted by molar-refractivity contribution is -0.231. The Kier molecular flexibility index (Phi) is 19.8. The van der Waals surface area contributed by atoms with Gasteiger partial charge in [0.25, 0.3) is 0 Å². The fourth-order valence-electron chi connectivity index (χ4n) is 6.48. The fraction of sp³-hybridized carbons (Fsp3) is 0.757. The van der Waals surface area contributed by atoms with Crippen molar-refractivity contribution in [1.82, 2.24) is 15.3 Å². The molecule has 3 rings (SSSR count). The van der Waals surface area contributed by atoms with Crippen molar-refractivity contribution in [3.05, 3.63) is 35.5 Å². The van der Waals surface area contributed by atoms with Gasteiger partial charge in [0.15, 0.2) is 5.82 Å². The van der Waals surface area contributed by atoms with E-state index in [-0.39, 0.29) is 25.2 Å². The number of carbonyl (C=O) groups is 1. The van der Waals surface area contributed by atoms with Crippen molar-refractivity contribution in [2.75, 3.05) is 6.61 Å². The number of aliphatic hydroxyl groups is 6. The van der Waals surface area contributed by atoms with Crippen LogP contribution in [0.2, 0.25) is 0 Å². The first-order chi connectivity index (χ1) is 23.7. The molecule has 278 valence electrons. The SMILES string of the molecule is CCCCCCCCCCCCCC[C@@H](O)[C@@H](O)[C@H](CC[C@H]1O[C@H](CO)[C@H](O)[C@H](O)[C@H]1O)NC(=O)CCCc1ccc(-c2ncccn2)s1. The molecule has 2 aromatic rings. The lowest BCUT2D eigenvalue weighted by Gasteiger charge is -2.40. The van der Waals surface area contributed by atoms with Crippen LogP contribution in [0, 0.1) is 0 Å². The summed E-state index contributed by atoms with van der Waals surface area (Å²) in [5.74, 6) is 0.397. The topological polar surface area (TPSA) is 185 Å². The fourth-order valence-corrected chi connectivity index (χ4v) is 7.48. The molecule has 1 amide bonds. The van der Waals surface area contributed by atoms with Crippen LogP contribution in [-0.4, -0.2) is 102 Å². The molecule has 2 aromatic heterocycles. The van der Waals surface area contributed by atoms with Crippen LogP contribution in [0.4, 0.5) is 0 Å². The second kappa shape index (κ2) is 23.4. The first-order valence-electron chi connectivity index (χ1n) is 18.6. The third-order valence-electron chi connectivity index (χ3n) is 9.53. The summed E-state index contributed by atoms with van der Waals surface area (Å²) in [5.41, 5.74) is 0. The molecule has 11 nitrogen and oxygen atoms in total. The van der Waals surface area contributed by atoms with Gasteiger partial charge in [0, 0.05) is 23.7 Å². The summed E-state index contributed by atoms with van der Waals surface area (Å²) in [5, 5.41) is 65.5. The largest absolute Gasteiger partial charge is 0.394 e. The van der Waals surface area contributed by atoms with Gasteiger partial charge in [-0.05, 0) is 50.3 Å². The molecule has 1 aliphatic rings. The van der Waals surface area contributed by atoms with Crippen molar-refractivity contribution in [1.29, 1.82) is 0 Å². The number of aryl methyl sites for hydroxylation is 1. The maximum absolute atomic E-state index is 13.1. The molecule has 0 aliphatic carbocycles. The lowest BCUT2D eigenvalue weighted by atomic mass is 9.90. The van der Waals surface area contributed by atoms with E-state index in [9.17, 15) is 35.4 Å². The number of thiophene rings is 1. The van der Waals surface area contributed by atoms with Crippen LogP contribution in [0.1, 0.15) is 121 Å². The predicted molar refractivity (Wildman–Crippen MR) is 191 cm³/mol. The van der Waals surface area contributed by atoms with Gasteiger partial charge in [-0.3, -0.25) is 4.79 Å². The normalized spacial score (nSPS) is 22.9. The molecular weight excluding hydrogens is 646 g/mol. The molecule has 49 heavy (non-hydrogen) atoms. The smallest absolute Gasteiger partial charge is 0.220 e. The van der Waals surface area contributed by atoms with Crippen LogP contribution < -0.4 is 5.32 Å². The van der Waals surface area contributed by atoms with Gasteiger partial charge in [-0.25, -0.2) is 9.97 Å². The summed E-state index contributed by atoms with van der Waals surface area (Å²) in [6, 6.07) is 4.92. The van der Waals surface area contributed by atoms with E-state index in [1.54, 1.807) is 29.8 Å². The summed E-state index contributed by atoms with van der Waals surface area (Å²) in [6.45, 7) is 1.70. The van der Waals surface area contributed by atoms with E-state index < -0.39 is 55.4 Å². The first-order valence-corrected chi connectivity index (χ1v) is 19.4. The summed E-state index contributed by atoms with van der Waals surface area (Å²) in [4.78, 5) is 23.7. The van der Waals surface area contributed by atoms with Crippen LogP contribution in [-0.2, 0) is 16.0 Å². The first kappa shape index (κ1) is 41.4. The average molecular weight is 708 g/mol. The van der Waals surface area contributed by atoms with E-state index in [2.05, 4.69) is 22.2 Å². The van der Waals surface area contributed by atoms with Crippen LogP contribution in [0.5, 0.6) is 0 Å². The predicted octanol–water partition coefficient (Wildman–Crippen LogP) is 4.45. The number of nitrogens with zero attached hydrogens (tertiary/aromatic N) is 2. The Hall–Kier alpha value is -2.03. The van der Waals surface area contributed by atoms with Crippen LogP contribution in [0.15, 0.2) is 30.6 Å². The number of aliphatic hydroxyl groups excluding tert-OH is 6. The van der Waals surface area contributed by atoms with Gasteiger partial charge in [0.05, 0.1) is 35.8 Å². The minimum absolute atomic E-state index is 0.119. The van der Waals surface area contributed by atoms with Crippen LogP contribution >= 0.6 is 11.3 Å². The minimum Gasteiger partial charge on any atom is -0.394 e. The summed E-state index contributed by atoms with van der Waals surface area (Å²) >= 11 is 1.58. The molecule has 3 heterocycles. The molecule has 0 unspecified atom stereocenters. The van der Waals surface area contributed by atoms with Gasteiger partial charge in [0.1, 0.15) is 24.4 Å². The molecule has 0 radical (unpaired) electrons. The highest BCUT2D eigenvalue weighted by Gasteiger charge is 2.43. The lowest BCUT2D eigenvalue weighted by Crippen LogP contribution is -2.59. The maximum atomic E-state index is 13.1. The summed E-state index contributed by atoms with van der Waals surface area (Å²) in [6.07, 6.45) is 11.3. The highest BCUT2D eigenvalue weighted by atomic mass is 32.1. The Morgan fingerprint density at radius 1 is 0.837 bits per heavy atom. The van der Waals surface area contributed by atoms with Crippen molar-refractivity contribution in [2.24, 2.45) is 0 Å². The quantitative estimate of drug-likeness (QED) is 0.0728. The Balaban J connectivity index is 1.46. The number of amides is 1. The second-order valence-corrected chi connectivity index (χ2v) is 14.7. The van der Waals surface area contributed by atoms with Gasteiger partial charge in [-0.1, -0.05) is 84.0 Å². The Morgan fingerprint density at radius 3 is 2.08 bits per heavy atom. The standard InChI is InChI=1S/C37H61N3O8S/c1-2-3-4-5-6-7-8-9-10-11-12-13-17-28(42)33(44)27(20-21-29-34(45)36(47)35(46)30(25-41)48-29)40-32(43)18-14-16-26-19-22-31(49-26)37-38-23-15-24-39-37/h15,19,22-24,27-30,33-36,41-42,44-47H,2-14,16-18,20-21,25H2,1H3,(H,40,43)/t27-,28+,29+,30+,33-,34-,35-,36+/m0/s1. The third kappa shape index (κ3) is 14.6. The molecule has 0 aromatic carbocycles. The molecule has 1 aliphatic heterocycles. The van der Waals surface area contributed by atoms with E-state index in [4.69, 9.17) is 4.74 Å². The van der Waals surface area contributed by atoms with E-state index in [1.165, 1.54) is 51.4 Å². The van der Waals surface area contributed by atoms with Crippen molar-refractivity contribution >= 4 is 17.2 Å². The van der Waals surface area contributed by atoms with E-state index in [0.29, 0.717) is 25.1 Å². The van der Waals surface area contributed by atoms with Gasteiger partial charge in [-0.15, -0.1) is 11.3 Å². The molecule has 1 fully saturated rings. The van der Waals surface area contributed by atoms with E-state index in [1.807, 2.05) is 12.1 Å². The maximum Gasteiger partial charge on any atom is 0.220 e. The van der Waals surface area contributed by atoms with Gasteiger partial charge < -0.3 is 40.7 Å². The zero-order valence-electron chi connectivity index (χ0n) is 29.2. The average Bonchev–Trinajstić information content (AvgIpc) is 3.59. The molecular formula is C37H61N3O8S. The number of unbranched alkanes of at least 4 members (excludes halogenated alkanes) is 11. The highest BCUT2D eigenvalue weighted by Crippen LogP contribution is 2.27. The van der Waals surface area contributed by atoms with Crippen molar-refractivity contribution in [2.45, 2.75) is 171 Å². The van der Waals surface area contributed by atoms with Crippen molar-refractivity contribution in [3.63, 3.8) is 0 Å². The zero-order chi connectivity index (χ0) is 35.4. The van der Waals surface area contributed by atoms with E-state index in [0.717, 1.165) is 35.4 Å². The molecule has 8 atom stereocenters. The molecule has 1 saturated heterocycles. The molecule has 0 spiro atoms. The molecule has 0 bridgehead atoms.